The lowest BCUT2D eigenvalue weighted by atomic mass is 9.55. The number of ketones is 1. The third-order valence-corrected chi connectivity index (χ3v) is 9.88. The Hall–Kier alpha value is -2.41. The molecule has 7 heteroatoms. The quantitative estimate of drug-likeness (QED) is 0.326. The van der Waals surface area contributed by atoms with Crippen LogP contribution in [0.25, 0.3) is 0 Å². The van der Waals surface area contributed by atoms with E-state index in [4.69, 9.17) is 18.9 Å². The van der Waals surface area contributed by atoms with E-state index >= 15 is 0 Å². The zero-order valence-electron chi connectivity index (χ0n) is 23.1. The van der Waals surface area contributed by atoms with Crippen LogP contribution in [0.4, 0.5) is 0 Å². The third-order valence-electron chi connectivity index (χ3n) is 9.88. The first-order chi connectivity index (χ1) is 18.3. The maximum Gasteiger partial charge on any atom is 0.319 e. The lowest BCUT2D eigenvalue weighted by molar-refractivity contribution is -0.159. The maximum atomic E-state index is 14.1. The molecular weight excluding hydrogens is 484 g/mol. The van der Waals surface area contributed by atoms with Crippen LogP contribution in [0.1, 0.15) is 95.1 Å². The molecule has 0 N–H and O–H groups in total. The van der Waals surface area contributed by atoms with Crippen LogP contribution >= 0.6 is 0 Å². The van der Waals surface area contributed by atoms with E-state index in [-0.39, 0.29) is 30.4 Å². The SMILES string of the molecule is CCOC(=O)CCC[C@]1(C(=O)OC)C[C@H]2[C@@H]3CCc4cc(OC5CCCCO5)ccc4[C@H]3CC[C@]2(C)C1=O. The molecule has 1 aliphatic heterocycles. The molecule has 3 fully saturated rings. The minimum atomic E-state index is -1.17. The van der Waals surface area contributed by atoms with Crippen LogP contribution in [0, 0.1) is 22.7 Å². The Morgan fingerprint density at radius 1 is 1.16 bits per heavy atom. The number of esters is 2. The summed E-state index contributed by atoms with van der Waals surface area (Å²) in [5.41, 5.74) is 0.984. The van der Waals surface area contributed by atoms with Crippen LogP contribution in [0.2, 0.25) is 0 Å². The average Bonchev–Trinajstić information content (AvgIpc) is 3.16. The maximum absolute atomic E-state index is 14.1. The van der Waals surface area contributed by atoms with Crippen molar-refractivity contribution in [3.8, 4) is 5.75 Å². The first-order valence-electron chi connectivity index (χ1n) is 14.5. The summed E-state index contributed by atoms with van der Waals surface area (Å²) < 4.78 is 22.2. The Morgan fingerprint density at radius 2 is 2.00 bits per heavy atom. The number of rotatable bonds is 8. The van der Waals surface area contributed by atoms with Crippen LogP contribution in [0.3, 0.4) is 0 Å². The molecule has 38 heavy (non-hydrogen) atoms. The molecule has 0 amide bonds. The minimum absolute atomic E-state index is 0.0196. The number of carbonyl (C=O) groups is 3. The summed E-state index contributed by atoms with van der Waals surface area (Å²) >= 11 is 0. The highest BCUT2D eigenvalue weighted by atomic mass is 16.7. The lowest BCUT2D eigenvalue weighted by Gasteiger charge is -2.48. The third kappa shape index (κ3) is 4.76. The standard InChI is InChI=1S/C31H42O7/c1-4-36-26(32)8-7-15-31(29(34)35-3)19-25-24-12-10-20-18-21(38-27-9-5-6-17-37-27)11-13-22(20)23(24)14-16-30(25,2)28(31)33/h11,13,18,23-25,27H,4-10,12,14-17,19H2,1-3H3/t23-,24-,25+,27?,30+,31+/m1/s1. The zero-order chi connectivity index (χ0) is 26.9. The van der Waals surface area contributed by atoms with Crippen LogP contribution < -0.4 is 4.74 Å². The fraction of sp³-hybridized carbons (Fsp3) is 0.710. The number of carbonyl (C=O) groups excluding carboxylic acids is 3. The highest BCUT2D eigenvalue weighted by molar-refractivity contribution is 6.08. The zero-order valence-corrected chi connectivity index (χ0v) is 23.1. The van der Waals surface area contributed by atoms with Gasteiger partial charge in [-0.2, -0.15) is 0 Å². The molecule has 5 rings (SSSR count). The molecule has 3 aliphatic carbocycles. The van der Waals surface area contributed by atoms with Crippen molar-refractivity contribution in [2.24, 2.45) is 22.7 Å². The second-order valence-electron chi connectivity index (χ2n) is 11.9. The van der Waals surface area contributed by atoms with Crippen molar-refractivity contribution in [3.63, 3.8) is 0 Å². The van der Waals surface area contributed by atoms with E-state index in [0.717, 1.165) is 57.3 Å². The van der Waals surface area contributed by atoms with Crippen LogP contribution in [0.15, 0.2) is 18.2 Å². The Morgan fingerprint density at radius 3 is 2.74 bits per heavy atom. The number of aryl methyl sites for hydroxylation is 1. The molecule has 1 unspecified atom stereocenters. The van der Waals surface area contributed by atoms with Crippen molar-refractivity contribution in [1.29, 1.82) is 0 Å². The predicted molar refractivity (Wildman–Crippen MR) is 141 cm³/mol. The Balaban J connectivity index is 1.35. The van der Waals surface area contributed by atoms with E-state index < -0.39 is 16.8 Å². The first kappa shape index (κ1) is 27.2. The summed E-state index contributed by atoms with van der Waals surface area (Å²) in [5, 5.41) is 0. The number of methoxy groups -OCH3 is 1. The van der Waals surface area contributed by atoms with Gasteiger partial charge in [0.2, 0.25) is 0 Å². The summed E-state index contributed by atoms with van der Waals surface area (Å²) in [6.45, 7) is 4.93. The summed E-state index contributed by atoms with van der Waals surface area (Å²) in [4.78, 5) is 39.3. The minimum Gasteiger partial charge on any atom is -0.468 e. The fourth-order valence-corrected chi connectivity index (χ4v) is 8.04. The number of hydrogen-bond donors (Lipinski definition) is 0. The van der Waals surface area contributed by atoms with Gasteiger partial charge in [-0.05, 0) is 106 Å². The van der Waals surface area contributed by atoms with E-state index in [1.807, 2.05) is 0 Å². The molecule has 0 aromatic heterocycles. The molecule has 2 saturated carbocycles. The molecule has 7 nitrogen and oxygen atoms in total. The van der Waals surface area contributed by atoms with E-state index in [0.29, 0.717) is 37.7 Å². The highest BCUT2D eigenvalue weighted by Gasteiger charge is 2.66. The van der Waals surface area contributed by atoms with Crippen molar-refractivity contribution in [2.75, 3.05) is 20.3 Å². The topological polar surface area (TPSA) is 88.1 Å². The second kappa shape index (κ2) is 11.0. The number of hydrogen-bond acceptors (Lipinski definition) is 7. The van der Waals surface area contributed by atoms with Gasteiger partial charge >= 0.3 is 11.9 Å². The monoisotopic (exact) mass is 526 g/mol. The Labute approximate surface area is 225 Å². The molecule has 4 aliphatic rings. The van der Waals surface area contributed by atoms with Gasteiger partial charge in [-0.25, -0.2) is 0 Å². The number of fused-ring (bicyclic) bond motifs is 5. The molecule has 208 valence electrons. The van der Waals surface area contributed by atoms with Gasteiger partial charge in [0.25, 0.3) is 0 Å². The van der Waals surface area contributed by atoms with E-state index in [9.17, 15) is 14.4 Å². The molecule has 1 saturated heterocycles. The molecule has 1 aromatic rings. The Kier molecular flexibility index (Phi) is 7.86. The van der Waals surface area contributed by atoms with Crippen LogP contribution in [-0.4, -0.2) is 44.3 Å². The first-order valence-corrected chi connectivity index (χ1v) is 14.5. The van der Waals surface area contributed by atoms with Crippen molar-refractivity contribution >= 4 is 17.7 Å². The van der Waals surface area contributed by atoms with Crippen molar-refractivity contribution < 1.29 is 33.3 Å². The molecule has 0 radical (unpaired) electrons. The summed E-state index contributed by atoms with van der Waals surface area (Å²) in [7, 11) is 1.37. The van der Waals surface area contributed by atoms with Crippen molar-refractivity contribution in [3.05, 3.63) is 29.3 Å². The number of benzene rings is 1. The van der Waals surface area contributed by atoms with Crippen LogP contribution in [-0.2, 0) is 35.0 Å². The normalized spacial score (nSPS) is 34.0. The molecule has 0 spiro atoms. The number of Topliss-reactive ketones (excluding diaryl/α,β-unsaturated/α-hetero) is 1. The highest BCUT2D eigenvalue weighted by Crippen LogP contribution is 2.64. The van der Waals surface area contributed by atoms with Gasteiger partial charge in [-0.15, -0.1) is 0 Å². The van der Waals surface area contributed by atoms with E-state index in [2.05, 4.69) is 25.1 Å². The summed E-state index contributed by atoms with van der Waals surface area (Å²) in [5.74, 6) is 0.997. The van der Waals surface area contributed by atoms with Crippen molar-refractivity contribution in [1.82, 2.24) is 0 Å². The van der Waals surface area contributed by atoms with Gasteiger partial charge in [0.15, 0.2) is 12.1 Å². The molecule has 1 heterocycles. The van der Waals surface area contributed by atoms with Gasteiger partial charge in [0, 0.05) is 18.3 Å². The Bertz CT molecular complexity index is 1060. The van der Waals surface area contributed by atoms with Crippen molar-refractivity contribution in [2.45, 2.75) is 96.7 Å². The van der Waals surface area contributed by atoms with Gasteiger partial charge < -0.3 is 18.9 Å². The summed E-state index contributed by atoms with van der Waals surface area (Å²) in [6, 6.07) is 6.48. The molecule has 0 bridgehead atoms. The molecule has 1 aromatic carbocycles. The molecular formula is C31H42O7. The average molecular weight is 527 g/mol. The summed E-state index contributed by atoms with van der Waals surface area (Å²) in [6.07, 6.45) is 8.12. The largest absolute Gasteiger partial charge is 0.468 e. The fourth-order valence-electron chi connectivity index (χ4n) is 8.04. The number of ether oxygens (including phenoxy) is 4. The van der Waals surface area contributed by atoms with E-state index in [1.54, 1.807) is 6.92 Å². The second-order valence-corrected chi connectivity index (χ2v) is 11.9. The molecule has 6 atom stereocenters. The lowest BCUT2D eigenvalue weighted by Crippen LogP contribution is -2.44. The van der Waals surface area contributed by atoms with Gasteiger partial charge in [-0.1, -0.05) is 13.0 Å². The van der Waals surface area contributed by atoms with E-state index in [1.165, 1.54) is 18.2 Å². The van der Waals surface area contributed by atoms with Gasteiger partial charge in [0.05, 0.1) is 20.3 Å². The van der Waals surface area contributed by atoms with Crippen LogP contribution in [0.5, 0.6) is 5.75 Å². The predicted octanol–water partition coefficient (Wildman–Crippen LogP) is 5.52. The van der Waals surface area contributed by atoms with Gasteiger partial charge in [0.1, 0.15) is 11.2 Å². The smallest absolute Gasteiger partial charge is 0.319 e. The van der Waals surface area contributed by atoms with Gasteiger partial charge in [-0.3, -0.25) is 14.4 Å².